The number of likely N-dealkylation sites (tertiary alicyclic amines) is 1. The van der Waals surface area contributed by atoms with Crippen molar-refractivity contribution < 1.29 is 0 Å². The van der Waals surface area contributed by atoms with E-state index in [-0.39, 0.29) is 12.4 Å². The van der Waals surface area contributed by atoms with Gasteiger partial charge < -0.3 is 9.80 Å². The maximum atomic E-state index is 4.67. The van der Waals surface area contributed by atoms with Gasteiger partial charge in [0, 0.05) is 36.3 Å². The lowest BCUT2D eigenvalue weighted by Gasteiger charge is -2.40. The van der Waals surface area contributed by atoms with Gasteiger partial charge in [-0.15, -0.1) is 12.4 Å². The number of rotatable bonds is 3. The molecule has 5 rings (SSSR count). The van der Waals surface area contributed by atoms with Crippen LogP contribution in [0, 0.1) is 0 Å². The van der Waals surface area contributed by atoms with Crippen LogP contribution in [-0.2, 0) is 0 Å². The van der Waals surface area contributed by atoms with Crippen LogP contribution in [-0.4, -0.2) is 57.3 Å². The average molecular weight is 399 g/mol. The van der Waals surface area contributed by atoms with Crippen molar-refractivity contribution in [2.24, 2.45) is 0 Å². The zero-order valence-corrected chi connectivity index (χ0v) is 16.9. The molecule has 2 aliphatic rings. The predicted molar refractivity (Wildman–Crippen MR) is 115 cm³/mol. The summed E-state index contributed by atoms with van der Waals surface area (Å²) in [6.07, 6.45) is 12.1. The van der Waals surface area contributed by atoms with Gasteiger partial charge in [0.2, 0.25) is 0 Å². The molecule has 6 nitrogen and oxygen atoms in total. The Hall–Kier alpha value is -2.18. The van der Waals surface area contributed by atoms with E-state index in [1.807, 2.05) is 12.4 Å². The van der Waals surface area contributed by atoms with Gasteiger partial charge in [-0.1, -0.05) is 12.5 Å². The minimum atomic E-state index is 0. The molecule has 1 aromatic carbocycles. The summed E-state index contributed by atoms with van der Waals surface area (Å²) < 4.78 is 0. The van der Waals surface area contributed by atoms with Crippen molar-refractivity contribution in [3.63, 3.8) is 0 Å². The molecule has 148 valence electrons. The van der Waals surface area contributed by atoms with E-state index in [1.165, 1.54) is 45.2 Å². The lowest BCUT2D eigenvalue weighted by molar-refractivity contribution is 0.141. The van der Waals surface area contributed by atoms with E-state index >= 15 is 0 Å². The third kappa shape index (κ3) is 3.71. The molecule has 4 heterocycles. The van der Waals surface area contributed by atoms with Crippen LogP contribution in [0.2, 0.25) is 0 Å². The number of benzene rings is 1. The number of hydrogen-bond acceptors (Lipinski definition) is 5. The van der Waals surface area contributed by atoms with Crippen LogP contribution in [0.4, 0.5) is 5.82 Å². The van der Waals surface area contributed by atoms with Gasteiger partial charge in [0.1, 0.15) is 12.1 Å². The molecule has 7 heteroatoms. The molecule has 2 fully saturated rings. The zero-order chi connectivity index (χ0) is 18.1. The van der Waals surface area contributed by atoms with Crippen molar-refractivity contribution >= 4 is 29.1 Å². The Bertz CT molecular complexity index is 898. The van der Waals surface area contributed by atoms with Gasteiger partial charge in [0.05, 0.1) is 11.7 Å². The van der Waals surface area contributed by atoms with E-state index in [0.717, 1.165) is 47.0 Å². The molecular weight excluding hydrogens is 372 g/mol. The monoisotopic (exact) mass is 398 g/mol. The van der Waals surface area contributed by atoms with E-state index in [2.05, 4.69) is 48.2 Å². The number of hydrogen-bond donors (Lipinski definition) is 1. The molecule has 2 aliphatic heterocycles. The number of fused-ring (bicyclic) bond motifs is 1. The van der Waals surface area contributed by atoms with Crippen molar-refractivity contribution in [3.8, 4) is 11.1 Å². The molecule has 1 N–H and O–H groups in total. The normalized spacial score (nSPS) is 18.9. The second-order valence-electron chi connectivity index (χ2n) is 7.73. The molecule has 28 heavy (non-hydrogen) atoms. The number of aromatic amines is 1. The first kappa shape index (κ1) is 19.2. The summed E-state index contributed by atoms with van der Waals surface area (Å²) in [5.41, 5.74) is 3.25. The molecule has 0 saturated carbocycles. The largest absolute Gasteiger partial charge is 0.356 e. The molecule has 2 saturated heterocycles. The first-order valence-electron chi connectivity index (χ1n) is 10.1. The number of halogens is 1. The van der Waals surface area contributed by atoms with E-state index in [9.17, 15) is 0 Å². The van der Waals surface area contributed by atoms with Gasteiger partial charge in [-0.2, -0.15) is 5.10 Å². The van der Waals surface area contributed by atoms with Gasteiger partial charge in [0.15, 0.2) is 0 Å². The lowest BCUT2D eigenvalue weighted by Crippen LogP contribution is -2.47. The van der Waals surface area contributed by atoms with Crippen LogP contribution in [0.5, 0.6) is 0 Å². The number of anilines is 1. The number of nitrogens with one attached hydrogen (secondary N) is 1. The smallest absolute Gasteiger partial charge is 0.139 e. The molecule has 0 aliphatic carbocycles. The van der Waals surface area contributed by atoms with Crippen molar-refractivity contribution in [2.45, 2.75) is 38.1 Å². The third-order valence-corrected chi connectivity index (χ3v) is 6.12. The van der Waals surface area contributed by atoms with Crippen LogP contribution in [0.3, 0.4) is 0 Å². The quantitative estimate of drug-likeness (QED) is 0.725. The highest BCUT2D eigenvalue weighted by molar-refractivity contribution is 5.92. The number of H-pyrrole nitrogens is 1. The van der Waals surface area contributed by atoms with Gasteiger partial charge in [-0.05, 0) is 56.5 Å². The molecule has 0 spiro atoms. The van der Waals surface area contributed by atoms with Gasteiger partial charge in [-0.25, -0.2) is 9.97 Å². The molecular formula is C21H27ClN6. The third-order valence-electron chi connectivity index (χ3n) is 6.12. The Balaban J connectivity index is 0.00000192. The minimum Gasteiger partial charge on any atom is -0.356 e. The van der Waals surface area contributed by atoms with Crippen molar-refractivity contribution in [2.75, 3.05) is 31.1 Å². The van der Waals surface area contributed by atoms with Gasteiger partial charge in [0.25, 0.3) is 0 Å². The molecule has 0 atom stereocenters. The SMILES string of the molecule is Cl.c1nc(N2CCC(N3CCCCC3)CC2)c2cc(-c3cn[nH]c3)ccc2n1. The van der Waals surface area contributed by atoms with Gasteiger partial charge >= 0.3 is 0 Å². The predicted octanol–water partition coefficient (Wildman–Crippen LogP) is 3.90. The molecule has 0 unspecified atom stereocenters. The second kappa shape index (κ2) is 8.45. The summed E-state index contributed by atoms with van der Waals surface area (Å²) >= 11 is 0. The highest BCUT2D eigenvalue weighted by Crippen LogP contribution is 2.30. The van der Waals surface area contributed by atoms with Crippen LogP contribution in [0.1, 0.15) is 32.1 Å². The Morgan fingerprint density at radius 2 is 1.75 bits per heavy atom. The Morgan fingerprint density at radius 3 is 2.50 bits per heavy atom. The fraction of sp³-hybridized carbons (Fsp3) is 0.476. The molecule has 2 aromatic heterocycles. The van der Waals surface area contributed by atoms with Gasteiger partial charge in [-0.3, -0.25) is 5.10 Å². The highest BCUT2D eigenvalue weighted by Gasteiger charge is 2.26. The number of piperidine rings is 2. The standard InChI is InChI=1S/C21H26N6.ClH/c1-2-8-26(9-3-1)18-6-10-27(11-7-18)21-19-12-16(17-13-24-25-14-17)4-5-20(19)22-15-23-21;/h4-5,12-15,18H,1-3,6-11H2,(H,24,25);1H. The Kier molecular flexibility index (Phi) is 5.78. The maximum absolute atomic E-state index is 4.67. The number of nitrogens with zero attached hydrogens (tertiary/aromatic N) is 5. The topological polar surface area (TPSA) is 60.9 Å². The van der Waals surface area contributed by atoms with Crippen LogP contribution in [0.15, 0.2) is 36.9 Å². The summed E-state index contributed by atoms with van der Waals surface area (Å²) in [5.74, 6) is 1.07. The highest BCUT2D eigenvalue weighted by atomic mass is 35.5. The summed E-state index contributed by atoms with van der Waals surface area (Å²) in [6, 6.07) is 7.14. The Morgan fingerprint density at radius 1 is 0.929 bits per heavy atom. The molecule has 0 radical (unpaired) electrons. The van der Waals surface area contributed by atoms with Crippen LogP contribution >= 0.6 is 12.4 Å². The summed E-state index contributed by atoms with van der Waals surface area (Å²) in [7, 11) is 0. The fourth-order valence-electron chi connectivity index (χ4n) is 4.61. The van der Waals surface area contributed by atoms with Crippen molar-refractivity contribution in [1.82, 2.24) is 25.1 Å². The van der Waals surface area contributed by atoms with Crippen molar-refractivity contribution in [1.29, 1.82) is 0 Å². The lowest BCUT2D eigenvalue weighted by atomic mass is 9.99. The first-order valence-corrected chi connectivity index (χ1v) is 10.1. The number of aromatic nitrogens is 4. The summed E-state index contributed by atoms with van der Waals surface area (Å²) in [4.78, 5) is 14.3. The maximum Gasteiger partial charge on any atom is 0.139 e. The van der Waals surface area contributed by atoms with Crippen LogP contribution in [0.25, 0.3) is 22.0 Å². The van der Waals surface area contributed by atoms with Crippen LogP contribution < -0.4 is 4.90 Å². The molecule has 0 bridgehead atoms. The second-order valence-corrected chi connectivity index (χ2v) is 7.73. The van der Waals surface area contributed by atoms with Crippen molar-refractivity contribution in [3.05, 3.63) is 36.9 Å². The first-order chi connectivity index (χ1) is 13.4. The van der Waals surface area contributed by atoms with E-state index in [1.54, 1.807) is 6.33 Å². The van der Waals surface area contributed by atoms with E-state index < -0.39 is 0 Å². The molecule has 3 aromatic rings. The van der Waals surface area contributed by atoms with E-state index in [4.69, 9.17) is 0 Å². The summed E-state index contributed by atoms with van der Waals surface area (Å²) in [5, 5.41) is 8.10. The average Bonchev–Trinajstić information content (AvgIpc) is 3.29. The van der Waals surface area contributed by atoms with E-state index in [0.29, 0.717) is 0 Å². The zero-order valence-electron chi connectivity index (χ0n) is 16.0. The molecule has 0 amide bonds. The summed E-state index contributed by atoms with van der Waals surface area (Å²) in [6.45, 7) is 4.72. The Labute approximate surface area is 171 Å². The minimum absolute atomic E-state index is 0. The fourth-order valence-corrected chi connectivity index (χ4v) is 4.61.